The average molecular weight is 509 g/mol. The first-order valence-electron chi connectivity index (χ1n) is 13.2. The Morgan fingerprint density at radius 2 is 1.81 bits per heavy atom. The van der Waals surface area contributed by atoms with E-state index < -0.39 is 20.7 Å². The van der Waals surface area contributed by atoms with Crippen molar-refractivity contribution >= 4 is 26.8 Å². The summed E-state index contributed by atoms with van der Waals surface area (Å²) in [5.74, 6) is -0.169. The van der Waals surface area contributed by atoms with E-state index in [1.54, 1.807) is 25.1 Å². The number of nitrogens with one attached hydrogen (secondary N) is 1. The molecule has 190 valence electrons. The molecule has 6 rings (SSSR count). The van der Waals surface area contributed by atoms with Crippen molar-refractivity contribution in [3.8, 4) is 11.3 Å². The molecule has 2 aliphatic carbocycles. The lowest BCUT2D eigenvalue weighted by atomic mass is 9.81. The highest BCUT2D eigenvalue weighted by Crippen LogP contribution is 2.48. The van der Waals surface area contributed by atoms with Crippen molar-refractivity contribution in [3.05, 3.63) is 58.9 Å². The van der Waals surface area contributed by atoms with Crippen LogP contribution in [0, 0.1) is 5.82 Å². The fourth-order valence-electron chi connectivity index (χ4n) is 6.23. The summed E-state index contributed by atoms with van der Waals surface area (Å²) in [6.07, 6.45) is 7.89. The van der Waals surface area contributed by atoms with Crippen molar-refractivity contribution < 1.29 is 17.6 Å². The first kappa shape index (κ1) is 23.7. The van der Waals surface area contributed by atoms with Gasteiger partial charge in [0.1, 0.15) is 5.82 Å². The van der Waals surface area contributed by atoms with E-state index in [9.17, 15) is 17.6 Å². The van der Waals surface area contributed by atoms with Crippen LogP contribution in [0.1, 0.15) is 98.5 Å². The molecule has 5 nitrogen and oxygen atoms in total. The number of nitrogens with zero attached hydrogens (tertiary/aromatic N) is 1. The number of benzene rings is 2. The minimum Gasteiger partial charge on any atom is -0.340 e. The zero-order valence-corrected chi connectivity index (χ0v) is 21.8. The fraction of sp³-hybridized carbons (Fsp3) is 0.483. The van der Waals surface area contributed by atoms with E-state index in [0.29, 0.717) is 24.3 Å². The van der Waals surface area contributed by atoms with Gasteiger partial charge in [0.2, 0.25) is 10.0 Å². The van der Waals surface area contributed by atoms with Crippen molar-refractivity contribution in [2.45, 2.75) is 88.3 Å². The van der Waals surface area contributed by atoms with Gasteiger partial charge in [-0.05, 0) is 92.3 Å². The maximum Gasteiger partial charge on any atom is 0.264 e. The molecule has 2 fully saturated rings. The van der Waals surface area contributed by atoms with Gasteiger partial charge < -0.3 is 4.57 Å². The molecule has 0 spiro atoms. The van der Waals surface area contributed by atoms with Crippen molar-refractivity contribution in [1.29, 1.82) is 0 Å². The molecule has 2 heterocycles. The standard InChI is InChI=1S/C29H33FN2O3S/c1-18-12-15-32-25-16-20(28(33)31-36(34,35)29(2)13-14-29)8-10-23(25)26(19-6-4-3-5-7-19)27(32)22-11-9-21(30)17-24(18)22/h8-11,16-19H,3-7,12-15H2,1-2H3,(H,31,33)/t18-/m0/s1. The number of halogens is 1. The van der Waals surface area contributed by atoms with E-state index in [2.05, 4.69) is 16.2 Å². The Balaban J connectivity index is 1.52. The summed E-state index contributed by atoms with van der Waals surface area (Å²) in [5, 5.41) is 1.12. The Labute approximate surface area is 212 Å². The number of carbonyl (C=O) groups is 1. The molecule has 0 unspecified atom stereocenters. The number of rotatable bonds is 4. The molecule has 0 radical (unpaired) electrons. The monoisotopic (exact) mass is 508 g/mol. The van der Waals surface area contributed by atoms with E-state index in [0.717, 1.165) is 53.5 Å². The van der Waals surface area contributed by atoms with E-state index in [-0.39, 0.29) is 11.7 Å². The third-order valence-electron chi connectivity index (χ3n) is 8.79. The van der Waals surface area contributed by atoms with Gasteiger partial charge in [0.05, 0.1) is 10.4 Å². The predicted molar refractivity (Wildman–Crippen MR) is 140 cm³/mol. The van der Waals surface area contributed by atoms with Crippen LogP contribution in [0.25, 0.3) is 22.2 Å². The minimum absolute atomic E-state index is 0.209. The number of aryl methyl sites for hydroxylation is 1. The van der Waals surface area contributed by atoms with Crippen LogP contribution >= 0.6 is 0 Å². The minimum atomic E-state index is -3.72. The number of fused-ring (bicyclic) bond motifs is 5. The molecule has 1 N–H and O–H groups in total. The number of sulfonamides is 1. The van der Waals surface area contributed by atoms with Crippen LogP contribution in [0.2, 0.25) is 0 Å². The Hall–Kier alpha value is -2.67. The van der Waals surface area contributed by atoms with E-state index in [1.165, 1.54) is 24.8 Å². The third-order valence-corrected chi connectivity index (χ3v) is 11.0. The van der Waals surface area contributed by atoms with E-state index >= 15 is 0 Å². The van der Waals surface area contributed by atoms with Crippen LogP contribution in [-0.2, 0) is 16.6 Å². The molecule has 1 aliphatic heterocycles. The van der Waals surface area contributed by atoms with Gasteiger partial charge in [-0.3, -0.25) is 4.79 Å². The largest absolute Gasteiger partial charge is 0.340 e. The first-order valence-corrected chi connectivity index (χ1v) is 14.7. The third kappa shape index (κ3) is 3.78. The summed E-state index contributed by atoms with van der Waals surface area (Å²) in [6, 6.07) is 10.7. The highest BCUT2D eigenvalue weighted by Gasteiger charge is 2.50. The van der Waals surface area contributed by atoms with Gasteiger partial charge in [-0.15, -0.1) is 0 Å². The second-order valence-corrected chi connectivity index (χ2v) is 13.5. The molecule has 36 heavy (non-hydrogen) atoms. The molecule has 1 amide bonds. The fourth-order valence-corrected chi connectivity index (χ4v) is 7.48. The van der Waals surface area contributed by atoms with Crippen molar-refractivity contribution in [2.75, 3.05) is 0 Å². The molecule has 1 aromatic heterocycles. The lowest BCUT2D eigenvalue weighted by Crippen LogP contribution is -2.38. The van der Waals surface area contributed by atoms with Crippen LogP contribution in [0.3, 0.4) is 0 Å². The SMILES string of the molecule is C[C@H]1CCn2c(c(C3CCCCC3)c3ccc(C(=O)NS(=O)(=O)C4(C)CC4)cc32)-c2ccc(F)cc21. The summed E-state index contributed by atoms with van der Waals surface area (Å²) in [6.45, 7) is 4.59. The normalized spacial score (nSPS) is 21.5. The van der Waals surface area contributed by atoms with Gasteiger partial charge in [0, 0.05) is 28.6 Å². The quantitative estimate of drug-likeness (QED) is 0.431. The summed E-state index contributed by atoms with van der Waals surface area (Å²) in [5.41, 5.74) is 5.87. The van der Waals surface area contributed by atoms with Crippen molar-refractivity contribution in [1.82, 2.24) is 9.29 Å². The molecule has 1 atom stereocenters. The van der Waals surface area contributed by atoms with Gasteiger partial charge in [-0.1, -0.05) is 32.3 Å². The number of amides is 1. The molecule has 2 saturated carbocycles. The Bertz CT molecular complexity index is 1480. The second-order valence-electron chi connectivity index (χ2n) is 11.3. The summed E-state index contributed by atoms with van der Waals surface area (Å²) in [7, 11) is -3.72. The lowest BCUT2D eigenvalue weighted by Gasteiger charge is -2.24. The Morgan fingerprint density at radius 1 is 1.06 bits per heavy atom. The van der Waals surface area contributed by atoms with Crippen LogP contribution in [0.5, 0.6) is 0 Å². The average Bonchev–Trinajstić information content (AvgIpc) is 3.57. The van der Waals surface area contributed by atoms with E-state index in [4.69, 9.17) is 0 Å². The van der Waals surface area contributed by atoms with Gasteiger partial charge in [0.25, 0.3) is 5.91 Å². The highest BCUT2D eigenvalue weighted by molar-refractivity contribution is 7.91. The molecular weight excluding hydrogens is 475 g/mol. The van der Waals surface area contributed by atoms with Crippen LogP contribution in [0.4, 0.5) is 4.39 Å². The maximum atomic E-state index is 14.3. The maximum absolute atomic E-state index is 14.3. The van der Waals surface area contributed by atoms with Crippen molar-refractivity contribution in [2.24, 2.45) is 0 Å². The number of carbonyl (C=O) groups excluding carboxylic acids is 1. The molecule has 3 aromatic rings. The molecule has 0 saturated heterocycles. The summed E-state index contributed by atoms with van der Waals surface area (Å²) < 4.78 is 43.4. The number of hydrogen-bond donors (Lipinski definition) is 1. The van der Waals surface area contributed by atoms with E-state index in [1.807, 2.05) is 18.2 Å². The molecule has 0 bridgehead atoms. The number of aromatic nitrogens is 1. The Kier molecular flexibility index (Phi) is 5.56. The topological polar surface area (TPSA) is 68.2 Å². The summed E-state index contributed by atoms with van der Waals surface area (Å²) in [4.78, 5) is 13.1. The lowest BCUT2D eigenvalue weighted by molar-refractivity contribution is 0.0981. The molecule has 3 aliphatic rings. The molecule has 7 heteroatoms. The van der Waals surface area contributed by atoms with Crippen LogP contribution in [0.15, 0.2) is 36.4 Å². The predicted octanol–water partition coefficient (Wildman–Crippen LogP) is 6.61. The number of hydrogen-bond acceptors (Lipinski definition) is 3. The van der Waals surface area contributed by atoms with Gasteiger partial charge in [0.15, 0.2) is 0 Å². The van der Waals surface area contributed by atoms with Gasteiger partial charge in [-0.2, -0.15) is 0 Å². The molecule has 2 aromatic carbocycles. The molecular formula is C29H33FN2O3S. The highest BCUT2D eigenvalue weighted by atomic mass is 32.2. The van der Waals surface area contributed by atoms with Gasteiger partial charge >= 0.3 is 0 Å². The summed E-state index contributed by atoms with van der Waals surface area (Å²) >= 11 is 0. The van der Waals surface area contributed by atoms with Crippen molar-refractivity contribution in [3.63, 3.8) is 0 Å². The smallest absolute Gasteiger partial charge is 0.264 e. The first-order chi connectivity index (χ1) is 17.2. The zero-order valence-electron chi connectivity index (χ0n) is 20.9. The Morgan fingerprint density at radius 3 is 2.53 bits per heavy atom. The second kappa shape index (κ2) is 8.44. The van der Waals surface area contributed by atoms with Gasteiger partial charge in [-0.25, -0.2) is 17.5 Å². The van der Waals surface area contributed by atoms with Crippen LogP contribution in [-0.4, -0.2) is 23.6 Å². The van der Waals surface area contributed by atoms with Crippen LogP contribution < -0.4 is 4.72 Å². The zero-order chi connectivity index (χ0) is 25.2.